The van der Waals surface area contributed by atoms with Crippen molar-refractivity contribution in [3.8, 4) is 0 Å². The number of aromatic nitrogens is 2. The number of aliphatic hydroxyl groups excluding tert-OH is 1. The van der Waals surface area contributed by atoms with Crippen LogP contribution < -0.4 is 34.7 Å². The van der Waals surface area contributed by atoms with Gasteiger partial charge in [-0.05, 0) is 38.3 Å². The zero-order valence-electron chi connectivity index (χ0n) is 16.8. The van der Waals surface area contributed by atoms with Crippen LogP contribution in [0.2, 0.25) is 0 Å². The number of hydrogen-bond acceptors (Lipinski definition) is 5. The van der Waals surface area contributed by atoms with Gasteiger partial charge < -0.3 is 19.9 Å². The van der Waals surface area contributed by atoms with Crippen LogP contribution in [0.5, 0.6) is 0 Å². The number of aryl methyl sites for hydroxylation is 3. The van der Waals surface area contributed by atoms with Gasteiger partial charge in [0, 0.05) is 17.8 Å². The molecule has 0 saturated carbocycles. The van der Waals surface area contributed by atoms with Crippen LogP contribution in [-0.2, 0) is 22.6 Å². The number of carbonyl (C=O) groups excluding carboxylic acids is 2. The summed E-state index contributed by atoms with van der Waals surface area (Å²) in [5.74, 6) is -2.33. The van der Waals surface area contributed by atoms with Crippen LogP contribution in [0.25, 0.3) is 5.57 Å². The second-order valence-electron chi connectivity index (χ2n) is 7.49. The second-order valence-corrected chi connectivity index (χ2v) is 7.49. The molecular weight excluding hydrogens is 381 g/mol. The van der Waals surface area contributed by atoms with Gasteiger partial charge in [0.1, 0.15) is 0 Å². The van der Waals surface area contributed by atoms with Crippen molar-refractivity contribution in [1.29, 1.82) is 0 Å². The molecule has 4 rings (SSSR count). The molecule has 0 radical (unpaired) electrons. The molecule has 0 spiro atoms. The Bertz CT molecular complexity index is 968. The van der Waals surface area contributed by atoms with Crippen LogP contribution in [0.3, 0.4) is 0 Å². The zero-order valence-corrected chi connectivity index (χ0v) is 18.8. The predicted molar refractivity (Wildman–Crippen MR) is 99.5 cm³/mol. The Morgan fingerprint density at radius 3 is 2.66 bits per heavy atom. The first kappa shape index (κ1) is 21.8. The molecule has 7 nitrogen and oxygen atoms in total. The second kappa shape index (κ2) is 8.44. The molecule has 1 aromatic carbocycles. The molecule has 2 aliphatic rings. The molecule has 3 atom stereocenters. The number of nitrogens with zero attached hydrogens (tertiary/aromatic N) is 3. The van der Waals surface area contributed by atoms with E-state index in [1.807, 2.05) is 35.9 Å². The zero-order chi connectivity index (χ0) is 20.0. The number of aliphatic carboxylic acids is 1. The van der Waals surface area contributed by atoms with Gasteiger partial charge in [-0.25, -0.2) is 0 Å². The van der Waals surface area contributed by atoms with Crippen LogP contribution in [0.1, 0.15) is 30.3 Å². The number of hydrogen-bond donors (Lipinski definition) is 1. The van der Waals surface area contributed by atoms with Gasteiger partial charge in [-0.3, -0.25) is 9.48 Å². The number of aliphatic hydroxyl groups is 1. The van der Waals surface area contributed by atoms with Crippen molar-refractivity contribution < 1.29 is 49.4 Å². The quantitative estimate of drug-likeness (QED) is 0.425. The van der Waals surface area contributed by atoms with Crippen LogP contribution >= 0.6 is 0 Å². The van der Waals surface area contributed by atoms with Crippen molar-refractivity contribution in [2.45, 2.75) is 45.4 Å². The Balaban J connectivity index is 0.00000240. The molecule has 3 heterocycles. The number of carboxylic acids is 1. The number of amides is 1. The van der Waals surface area contributed by atoms with Crippen LogP contribution in [0.4, 0.5) is 0 Å². The van der Waals surface area contributed by atoms with Crippen LogP contribution in [-0.4, -0.2) is 43.8 Å². The van der Waals surface area contributed by atoms with E-state index >= 15 is 0 Å². The van der Waals surface area contributed by atoms with E-state index in [1.54, 1.807) is 6.92 Å². The number of β-lactam (4-membered cyclic amide) rings is 1. The van der Waals surface area contributed by atoms with Gasteiger partial charge >= 0.3 is 29.6 Å². The molecule has 1 N–H and O–H groups in total. The normalized spacial score (nSPS) is 21.5. The largest absolute Gasteiger partial charge is 1.00 e. The van der Waals surface area contributed by atoms with Crippen molar-refractivity contribution in [3.05, 3.63) is 59.0 Å². The fourth-order valence-corrected chi connectivity index (χ4v) is 4.25. The van der Waals surface area contributed by atoms with Crippen LogP contribution in [0.15, 0.2) is 42.1 Å². The predicted octanol–water partition coefficient (Wildman–Crippen LogP) is -2.49. The fourth-order valence-electron chi connectivity index (χ4n) is 4.25. The molecule has 8 heteroatoms. The summed E-state index contributed by atoms with van der Waals surface area (Å²) in [6.07, 6.45) is 0.355. The van der Waals surface area contributed by atoms with E-state index in [4.69, 9.17) is 0 Å². The molecule has 1 aromatic heterocycles. The third kappa shape index (κ3) is 3.80. The first-order valence-corrected chi connectivity index (χ1v) is 9.43. The summed E-state index contributed by atoms with van der Waals surface area (Å²) in [5, 5.41) is 26.2. The molecule has 29 heavy (non-hydrogen) atoms. The number of fused-ring (bicyclic) bond motifs is 1. The van der Waals surface area contributed by atoms with Crippen molar-refractivity contribution >= 4 is 17.4 Å². The van der Waals surface area contributed by atoms with Gasteiger partial charge in [-0.15, -0.1) is 0 Å². The van der Waals surface area contributed by atoms with E-state index < -0.39 is 18.0 Å². The Morgan fingerprint density at radius 2 is 2.03 bits per heavy atom. The Kier molecular flexibility index (Phi) is 6.33. The minimum absolute atomic E-state index is 0. The summed E-state index contributed by atoms with van der Waals surface area (Å²) >= 11 is 0. The fraction of sp³-hybridized carbons (Fsp3) is 0.381. The Labute approximate surface area is 191 Å². The molecule has 146 valence electrons. The minimum atomic E-state index is -1.38. The molecule has 0 bridgehead atoms. The minimum Gasteiger partial charge on any atom is -0.543 e. The molecule has 2 aliphatic heterocycles. The van der Waals surface area contributed by atoms with Crippen molar-refractivity contribution in [3.63, 3.8) is 0 Å². The van der Waals surface area contributed by atoms with Gasteiger partial charge in [0.05, 0.1) is 35.4 Å². The maximum absolute atomic E-state index is 12.3. The average Bonchev–Trinajstić information content (AvgIpc) is 3.18. The average molecular weight is 403 g/mol. The molecule has 0 unspecified atom stereocenters. The van der Waals surface area contributed by atoms with E-state index in [1.165, 1.54) is 10.5 Å². The molecule has 0 aliphatic carbocycles. The van der Waals surface area contributed by atoms with Gasteiger partial charge in [0.25, 0.3) is 0 Å². The van der Waals surface area contributed by atoms with Gasteiger partial charge in [-0.1, -0.05) is 30.3 Å². The van der Waals surface area contributed by atoms with Gasteiger partial charge in [-0.2, -0.15) is 5.10 Å². The smallest absolute Gasteiger partial charge is 0.543 e. The summed E-state index contributed by atoms with van der Waals surface area (Å²) in [4.78, 5) is 25.3. The van der Waals surface area contributed by atoms with Crippen molar-refractivity contribution in [1.82, 2.24) is 14.7 Å². The van der Waals surface area contributed by atoms with Crippen LogP contribution in [0, 0.1) is 12.8 Å². The third-order valence-electron chi connectivity index (χ3n) is 5.67. The summed E-state index contributed by atoms with van der Waals surface area (Å²) in [6, 6.07) is 11.6. The summed E-state index contributed by atoms with van der Waals surface area (Å²) in [6.45, 7) is 4.15. The summed E-state index contributed by atoms with van der Waals surface area (Å²) < 4.78 is 1.85. The molecule has 1 saturated heterocycles. The van der Waals surface area contributed by atoms with Crippen molar-refractivity contribution in [2.24, 2.45) is 5.92 Å². The number of benzene rings is 1. The Morgan fingerprint density at radius 1 is 1.34 bits per heavy atom. The maximum Gasteiger partial charge on any atom is 1.00 e. The standard InChI is InChI=1S/C21H23N3O4.Na/c1-12-10-16(22-23(12)9-8-14-6-4-3-5-7-14)15-11-17-18(13(2)25)20(26)24(17)19(15)21(27)28;/h3-7,10,13,17-18,25H,8-9,11H2,1-2H3,(H,27,28);/q;+1/p-1/t13-,17-,18-;/m1./s1. The SMILES string of the molecule is Cc1cc(C2=C(C(=O)[O-])N3C(=O)[C@H]([C@@H](C)O)[C@H]3C2)nn1CCc1ccccc1.[Na+]. The molecule has 2 aromatic rings. The number of rotatable bonds is 6. The first-order chi connectivity index (χ1) is 13.4. The van der Waals surface area contributed by atoms with Gasteiger partial charge in [0.15, 0.2) is 0 Å². The topological polar surface area (TPSA) is 98.5 Å². The Hall–Kier alpha value is -1.93. The molecular formula is C21H22N3NaO4. The van der Waals surface area contributed by atoms with Crippen molar-refractivity contribution in [2.75, 3.05) is 0 Å². The molecule has 1 fully saturated rings. The van der Waals surface area contributed by atoms with E-state index in [0.717, 1.165) is 12.1 Å². The summed E-state index contributed by atoms with van der Waals surface area (Å²) in [7, 11) is 0. The van der Waals surface area contributed by atoms with E-state index in [9.17, 15) is 19.8 Å². The van der Waals surface area contributed by atoms with E-state index in [-0.39, 0.29) is 47.2 Å². The summed E-state index contributed by atoms with van der Waals surface area (Å²) in [5.41, 5.74) is 3.06. The monoisotopic (exact) mass is 403 g/mol. The maximum atomic E-state index is 12.3. The van der Waals surface area contributed by atoms with E-state index in [2.05, 4.69) is 17.2 Å². The number of carbonyl (C=O) groups is 2. The first-order valence-electron chi connectivity index (χ1n) is 9.43. The van der Waals surface area contributed by atoms with Gasteiger partial charge in [0.2, 0.25) is 5.91 Å². The van der Waals surface area contributed by atoms with E-state index in [0.29, 0.717) is 24.2 Å². The number of carboxylic acid groups (broad SMARTS) is 1. The molecule has 1 amide bonds. The third-order valence-corrected chi connectivity index (χ3v) is 5.67.